The van der Waals surface area contributed by atoms with Gasteiger partial charge in [0.1, 0.15) is 0 Å². The molecular weight excluding hydrogens is 435 g/mol. The first-order chi connectivity index (χ1) is 13.8. The number of halogens is 2. The third-order valence-corrected chi connectivity index (χ3v) is 5.55. The maximum atomic E-state index is 12.5. The number of carbonyl (C=O) groups excluding carboxylic acids is 1. The van der Waals surface area contributed by atoms with E-state index in [1.165, 1.54) is 42.5 Å². The van der Waals surface area contributed by atoms with Gasteiger partial charge in [-0.2, -0.15) is 0 Å². The van der Waals surface area contributed by atoms with Crippen molar-refractivity contribution in [2.24, 2.45) is 0 Å². The summed E-state index contributed by atoms with van der Waals surface area (Å²) in [5.74, 6) is 0. The molecule has 0 saturated heterocycles. The molecule has 0 unspecified atom stereocenters. The Labute approximate surface area is 178 Å². The van der Waals surface area contributed by atoms with Crippen molar-refractivity contribution in [1.29, 1.82) is 0 Å². The smallest absolute Gasteiger partial charge is 0.319 e. The van der Waals surface area contributed by atoms with Gasteiger partial charge in [-0.1, -0.05) is 29.3 Å². The van der Waals surface area contributed by atoms with E-state index in [0.717, 1.165) is 5.56 Å². The van der Waals surface area contributed by atoms with Gasteiger partial charge in [0.05, 0.1) is 10.6 Å². The fourth-order valence-corrected chi connectivity index (χ4v) is 3.97. The molecule has 29 heavy (non-hydrogen) atoms. The Balaban J connectivity index is 1.62. The predicted octanol–water partition coefficient (Wildman–Crippen LogP) is 4.51. The van der Waals surface area contributed by atoms with E-state index in [0.29, 0.717) is 22.3 Å². The number of pyridine rings is 1. The summed E-state index contributed by atoms with van der Waals surface area (Å²) >= 11 is 11.8. The number of nitrogens with zero attached hydrogens (tertiary/aromatic N) is 1. The average Bonchev–Trinajstić information content (AvgIpc) is 2.66. The van der Waals surface area contributed by atoms with Crippen molar-refractivity contribution < 1.29 is 13.2 Å². The Morgan fingerprint density at radius 3 is 2.28 bits per heavy atom. The van der Waals surface area contributed by atoms with Crippen molar-refractivity contribution >= 4 is 50.6 Å². The molecule has 0 radical (unpaired) electrons. The molecular formula is C19H16Cl2N4O3S. The molecule has 2 aromatic carbocycles. The third-order valence-electron chi connectivity index (χ3n) is 3.71. The second kappa shape index (κ2) is 9.13. The molecule has 7 nitrogen and oxygen atoms in total. The van der Waals surface area contributed by atoms with Gasteiger partial charge in [-0.15, -0.1) is 0 Å². The highest BCUT2D eigenvalue weighted by Crippen LogP contribution is 2.25. The second-order valence-corrected chi connectivity index (χ2v) is 8.51. The zero-order valence-corrected chi connectivity index (χ0v) is 17.2. The molecule has 0 atom stereocenters. The number of benzene rings is 2. The SMILES string of the molecule is O=C(NCc1cccnc1)Nc1ccc(S(=O)(=O)Nc2cc(Cl)cc(Cl)c2)cc1. The third kappa shape index (κ3) is 6.08. The molecule has 3 rings (SSSR count). The summed E-state index contributed by atoms with van der Waals surface area (Å²) < 4.78 is 27.4. The molecule has 0 saturated carbocycles. The van der Waals surface area contributed by atoms with Crippen molar-refractivity contribution in [2.45, 2.75) is 11.4 Å². The number of aromatic nitrogens is 1. The van der Waals surface area contributed by atoms with Crippen molar-refractivity contribution in [3.63, 3.8) is 0 Å². The number of nitrogens with one attached hydrogen (secondary N) is 3. The standard InChI is InChI=1S/C19H16Cl2N4O3S/c20-14-8-15(21)10-17(9-14)25-29(27,28)18-5-3-16(4-6-18)24-19(26)23-12-13-2-1-7-22-11-13/h1-11,25H,12H2,(H2,23,24,26). The van der Waals surface area contributed by atoms with Gasteiger partial charge in [-0.3, -0.25) is 9.71 Å². The summed E-state index contributed by atoms with van der Waals surface area (Å²) in [6.07, 6.45) is 3.30. The number of rotatable bonds is 6. The molecule has 0 aliphatic carbocycles. The summed E-state index contributed by atoms with van der Waals surface area (Å²) in [6, 6.07) is 13.3. The number of hydrogen-bond acceptors (Lipinski definition) is 4. The van der Waals surface area contributed by atoms with E-state index >= 15 is 0 Å². The molecule has 0 spiro atoms. The van der Waals surface area contributed by atoms with Crippen LogP contribution < -0.4 is 15.4 Å². The first-order valence-corrected chi connectivity index (χ1v) is 10.6. The minimum Gasteiger partial charge on any atom is -0.334 e. The maximum Gasteiger partial charge on any atom is 0.319 e. The highest BCUT2D eigenvalue weighted by atomic mass is 35.5. The van der Waals surface area contributed by atoms with Gasteiger partial charge >= 0.3 is 6.03 Å². The van der Waals surface area contributed by atoms with Crippen LogP contribution in [0.15, 0.2) is 71.9 Å². The molecule has 3 N–H and O–H groups in total. The molecule has 3 aromatic rings. The molecule has 10 heteroatoms. The van der Waals surface area contributed by atoms with Gasteiger partial charge in [-0.05, 0) is 54.1 Å². The van der Waals surface area contributed by atoms with Gasteiger partial charge in [0.25, 0.3) is 10.0 Å². The fraction of sp³-hybridized carbons (Fsp3) is 0.0526. The van der Waals surface area contributed by atoms with E-state index in [4.69, 9.17) is 23.2 Å². The van der Waals surface area contributed by atoms with Crippen molar-refractivity contribution in [3.8, 4) is 0 Å². The van der Waals surface area contributed by atoms with Crippen LogP contribution in [0.5, 0.6) is 0 Å². The Morgan fingerprint density at radius 2 is 1.66 bits per heavy atom. The number of carbonyl (C=O) groups is 1. The Bertz CT molecular complexity index is 1090. The average molecular weight is 451 g/mol. The van der Waals surface area contributed by atoms with E-state index in [-0.39, 0.29) is 10.6 Å². The summed E-state index contributed by atoms with van der Waals surface area (Å²) in [7, 11) is -3.84. The van der Waals surface area contributed by atoms with Crippen molar-refractivity contribution in [1.82, 2.24) is 10.3 Å². The van der Waals surface area contributed by atoms with Crippen LogP contribution in [-0.2, 0) is 16.6 Å². The predicted molar refractivity (Wildman–Crippen MR) is 114 cm³/mol. The monoisotopic (exact) mass is 450 g/mol. The minimum absolute atomic E-state index is 0.0231. The van der Waals surface area contributed by atoms with Crippen LogP contribution in [-0.4, -0.2) is 19.4 Å². The van der Waals surface area contributed by atoms with E-state index < -0.39 is 16.1 Å². The Kier molecular flexibility index (Phi) is 6.58. The Morgan fingerprint density at radius 1 is 0.966 bits per heavy atom. The highest BCUT2D eigenvalue weighted by Gasteiger charge is 2.15. The van der Waals surface area contributed by atoms with Crippen LogP contribution >= 0.6 is 23.2 Å². The first kappa shape index (κ1) is 20.9. The lowest BCUT2D eigenvalue weighted by Crippen LogP contribution is -2.28. The second-order valence-electron chi connectivity index (χ2n) is 5.96. The van der Waals surface area contributed by atoms with E-state index in [2.05, 4.69) is 20.3 Å². The summed E-state index contributed by atoms with van der Waals surface area (Å²) in [5, 5.41) is 5.95. The normalized spacial score (nSPS) is 11.0. The van der Waals surface area contributed by atoms with E-state index in [1.807, 2.05) is 6.07 Å². The quantitative estimate of drug-likeness (QED) is 0.514. The minimum atomic E-state index is -3.84. The van der Waals surface area contributed by atoms with Gasteiger partial charge in [-0.25, -0.2) is 13.2 Å². The van der Waals surface area contributed by atoms with Crippen molar-refractivity contribution in [3.05, 3.63) is 82.6 Å². The molecule has 0 aliphatic heterocycles. The number of anilines is 2. The largest absolute Gasteiger partial charge is 0.334 e. The van der Waals surface area contributed by atoms with Crippen LogP contribution in [0.2, 0.25) is 10.0 Å². The zero-order chi connectivity index (χ0) is 20.9. The molecule has 0 fully saturated rings. The molecule has 2 amide bonds. The number of sulfonamides is 1. The van der Waals surface area contributed by atoms with Gasteiger partial charge in [0.2, 0.25) is 0 Å². The fourth-order valence-electron chi connectivity index (χ4n) is 2.40. The van der Waals surface area contributed by atoms with Gasteiger partial charge < -0.3 is 10.6 Å². The van der Waals surface area contributed by atoms with Crippen LogP contribution in [0.3, 0.4) is 0 Å². The zero-order valence-electron chi connectivity index (χ0n) is 14.9. The molecule has 0 bridgehead atoms. The van der Waals surface area contributed by atoms with Crippen molar-refractivity contribution in [2.75, 3.05) is 10.0 Å². The lowest BCUT2D eigenvalue weighted by atomic mass is 10.3. The molecule has 0 aliphatic rings. The Hall–Kier alpha value is -2.81. The van der Waals surface area contributed by atoms with Gasteiger partial charge in [0.15, 0.2) is 0 Å². The summed E-state index contributed by atoms with van der Waals surface area (Å²) in [4.78, 5) is 16.0. The van der Waals surface area contributed by atoms with Crippen LogP contribution in [0.1, 0.15) is 5.56 Å². The molecule has 1 aromatic heterocycles. The summed E-state index contributed by atoms with van der Waals surface area (Å²) in [5.41, 5.74) is 1.55. The number of amides is 2. The van der Waals surface area contributed by atoms with E-state index in [1.54, 1.807) is 18.5 Å². The summed E-state index contributed by atoms with van der Waals surface area (Å²) in [6.45, 7) is 0.318. The van der Waals surface area contributed by atoms with Crippen LogP contribution in [0.25, 0.3) is 0 Å². The van der Waals surface area contributed by atoms with Gasteiger partial charge in [0, 0.05) is 34.7 Å². The molecule has 150 valence electrons. The van der Waals surface area contributed by atoms with E-state index in [9.17, 15) is 13.2 Å². The number of urea groups is 1. The van der Waals surface area contributed by atoms with Crippen LogP contribution in [0, 0.1) is 0 Å². The lowest BCUT2D eigenvalue weighted by molar-refractivity contribution is 0.251. The maximum absolute atomic E-state index is 12.5. The topological polar surface area (TPSA) is 100 Å². The lowest BCUT2D eigenvalue weighted by Gasteiger charge is -2.11. The molecule has 1 heterocycles. The first-order valence-electron chi connectivity index (χ1n) is 8.34. The highest BCUT2D eigenvalue weighted by molar-refractivity contribution is 7.92. The van der Waals surface area contributed by atoms with Crippen LogP contribution in [0.4, 0.5) is 16.2 Å². The number of hydrogen-bond donors (Lipinski definition) is 3.